The summed E-state index contributed by atoms with van der Waals surface area (Å²) in [5, 5.41) is 4.13. The van der Waals surface area contributed by atoms with E-state index in [1.54, 1.807) is 12.1 Å². The van der Waals surface area contributed by atoms with E-state index in [9.17, 15) is 4.39 Å². The molecule has 2 atom stereocenters. The van der Waals surface area contributed by atoms with Gasteiger partial charge in [0.25, 0.3) is 0 Å². The van der Waals surface area contributed by atoms with Gasteiger partial charge in [-0.25, -0.2) is 4.39 Å². The molecule has 2 nitrogen and oxygen atoms in total. The fourth-order valence-electron chi connectivity index (χ4n) is 3.06. The van der Waals surface area contributed by atoms with Crippen LogP contribution in [0.25, 0.3) is 0 Å². The summed E-state index contributed by atoms with van der Waals surface area (Å²) in [4.78, 5) is 2.40. The number of hydrogen-bond acceptors (Lipinski definition) is 2. The average molecular weight is 313 g/mol. The Bertz CT molecular complexity index is 444. The highest BCUT2D eigenvalue weighted by Crippen LogP contribution is 2.24. The summed E-state index contributed by atoms with van der Waals surface area (Å²) in [7, 11) is 0. The van der Waals surface area contributed by atoms with E-state index in [0.717, 1.165) is 25.9 Å². The predicted octanol–water partition coefficient (Wildman–Crippen LogP) is 4.08. The number of benzene rings is 1. The fraction of sp³-hybridized carbons (Fsp3) is 0.647. The lowest BCUT2D eigenvalue weighted by Gasteiger charge is -2.41. The van der Waals surface area contributed by atoms with Crippen LogP contribution in [0.4, 0.5) is 4.39 Å². The molecule has 1 aliphatic heterocycles. The summed E-state index contributed by atoms with van der Waals surface area (Å²) in [6.07, 6.45) is 2.21. The van der Waals surface area contributed by atoms with E-state index in [1.807, 2.05) is 0 Å². The van der Waals surface area contributed by atoms with Gasteiger partial charge in [-0.1, -0.05) is 38.4 Å². The van der Waals surface area contributed by atoms with Crippen molar-refractivity contribution in [3.8, 4) is 0 Å². The SMILES string of the molecule is CCC1CN(Cc2c(F)cccc2Cl)C(CC(C)C)CN1. The molecule has 118 valence electrons. The zero-order valence-electron chi connectivity index (χ0n) is 13.2. The minimum atomic E-state index is -0.197. The first-order valence-corrected chi connectivity index (χ1v) is 8.29. The van der Waals surface area contributed by atoms with Crippen LogP contribution in [0.3, 0.4) is 0 Å². The second kappa shape index (κ2) is 7.57. The minimum Gasteiger partial charge on any atom is -0.311 e. The summed E-state index contributed by atoms with van der Waals surface area (Å²) >= 11 is 6.19. The van der Waals surface area contributed by atoms with Crippen molar-refractivity contribution in [1.82, 2.24) is 10.2 Å². The maximum Gasteiger partial charge on any atom is 0.129 e. The average Bonchev–Trinajstić information content (AvgIpc) is 2.44. The topological polar surface area (TPSA) is 15.3 Å². The van der Waals surface area contributed by atoms with E-state index in [-0.39, 0.29) is 5.82 Å². The predicted molar refractivity (Wildman–Crippen MR) is 87.1 cm³/mol. The second-order valence-electron chi connectivity index (χ2n) is 6.43. The van der Waals surface area contributed by atoms with Gasteiger partial charge in [0.2, 0.25) is 0 Å². The van der Waals surface area contributed by atoms with Crippen molar-refractivity contribution in [3.05, 3.63) is 34.6 Å². The number of hydrogen-bond donors (Lipinski definition) is 1. The van der Waals surface area contributed by atoms with Gasteiger partial charge in [-0.2, -0.15) is 0 Å². The highest BCUT2D eigenvalue weighted by Gasteiger charge is 2.28. The highest BCUT2D eigenvalue weighted by atomic mass is 35.5. The Morgan fingerprint density at radius 2 is 2.19 bits per heavy atom. The molecular formula is C17H26ClFN2. The van der Waals surface area contributed by atoms with Gasteiger partial charge in [-0.05, 0) is 30.9 Å². The molecule has 1 fully saturated rings. The molecule has 1 aromatic carbocycles. The third-order valence-electron chi connectivity index (χ3n) is 4.27. The Morgan fingerprint density at radius 1 is 1.43 bits per heavy atom. The first-order chi connectivity index (χ1) is 10.0. The molecule has 0 amide bonds. The van der Waals surface area contributed by atoms with Crippen LogP contribution >= 0.6 is 11.6 Å². The second-order valence-corrected chi connectivity index (χ2v) is 6.83. The monoisotopic (exact) mass is 312 g/mol. The van der Waals surface area contributed by atoms with Crippen LogP contribution in [0.15, 0.2) is 18.2 Å². The molecule has 4 heteroatoms. The van der Waals surface area contributed by atoms with Crippen LogP contribution < -0.4 is 5.32 Å². The van der Waals surface area contributed by atoms with Crippen LogP contribution in [-0.4, -0.2) is 30.1 Å². The number of halogens is 2. The molecule has 0 spiro atoms. The van der Waals surface area contributed by atoms with Crippen LogP contribution in [0.1, 0.15) is 39.2 Å². The maximum absolute atomic E-state index is 14.0. The summed E-state index contributed by atoms with van der Waals surface area (Å²) in [6.45, 7) is 9.19. The lowest BCUT2D eigenvalue weighted by atomic mass is 9.97. The van der Waals surface area contributed by atoms with E-state index >= 15 is 0 Å². The fourth-order valence-corrected chi connectivity index (χ4v) is 3.28. The first-order valence-electron chi connectivity index (χ1n) is 7.91. The van der Waals surface area contributed by atoms with E-state index < -0.39 is 0 Å². The Hall–Kier alpha value is -0.640. The van der Waals surface area contributed by atoms with E-state index in [0.29, 0.717) is 35.1 Å². The number of piperazine rings is 1. The quantitative estimate of drug-likeness (QED) is 0.881. The smallest absolute Gasteiger partial charge is 0.129 e. The van der Waals surface area contributed by atoms with Crippen LogP contribution in [0.5, 0.6) is 0 Å². The zero-order chi connectivity index (χ0) is 15.4. The molecule has 0 radical (unpaired) electrons. The van der Waals surface area contributed by atoms with Crippen LogP contribution in [-0.2, 0) is 6.54 Å². The van der Waals surface area contributed by atoms with Crippen LogP contribution in [0.2, 0.25) is 5.02 Å². The highest BCUT2D eigenvalue weighted by molar-refractivity contribution is 6.31. The van der Waals surface area contributed by atoms with Crippen molar-refractivity contribution in [1.29, 1.82) is 0 Å². The summed E-state index contributed by atoms with van der Waals surface area (Å²) in [5.41, 5.74) is 0.629. The number of nitrogens with zero attached hydrogens (tertiary/aromatic N) is 1. The Morgan fingerprint density at radius 3 is 2.81 bits per heavy atom. The Balaban J connectivity index is 2.15. The van der Waals surface area contributed by atoms with Gasteiger partial charge < -0.3 is 5.32 Å². The molecule has 0 aliphatic carbocycles. The molecule has 2 unspecified atom stereocenters. The van der Waals surface area contributed by atoms with Gasteiger partial charge in [-0.15, -0.1) is 0 Å². The molecule has 0 aromatic heterocycles. The van der Waals surface area contributed by atoms with Crippen molar-refractivity contribution in [2.75, 3.05) is 13.1 Å². The minimum absolute atomic E-state index is 0.197. The normalized spacial score (nSPS) is 23.7. The van der Waals surface area contributed by atoms with E-state index in [4.69, 9.17) is 11.6 Å². The number of nitrogens with one attached hydrogen (secondary N) is 1. The van der Waals surface area contributed by atoms with Crippen molar-refractivity contribution in [2.24, 2.45) is 5.92 Å². The largest absolute Gasteiger partial charge is 0.311 e. The third-order valence-corrected chi connectivity index (χ3v) is 4.63. The van der Waals surface area contributed by atoms with Gasteiger partial charge in [0.15, 0.2) is 0 Å². The molecule has 1 heterocycles. The molecule has 0 bridgehead atoms. The third kappa shape index (κ3) is 4.41. The van der Waals surface area contributed by atoms with Gasteiger partial charge in [0.05, 0.1) is 0 Å². The van der Waals surface area contributed by atoms with Crippen molar-refractivity contribution in [2.45, 2.75) is 52.2 Å². The van der Waals surface area contributed by atoms with Gasteiger partial charge >= 0.3 is 0 Å². The lowest BCUT2D eigenvalue weighted by molar-refractivity contribution is 0.104. The summed E-state index contributed by atoms with van der Waals surface area (Å²) in [5.74, 6) is 0.436. The Labute approximate surface area is 132 Å². The Kier molecular flexibility index (Phi) is 6.03. The molecular weight excluding hydrogens is 287 g/mol. The standard InChI is InChI=1S/C17H26ClFN2/c1-4-13-10-21(14(9-20-13)8-12(2)3)11-15-16(18)6-5-7-17(15)19/h5-7,12-14,20H,4,8-11H2,1-3H3. The van der Waals surface area contributed by atoms with Gasteiger partial charge in [-0.3, -0.25) is 4.90 Å². The maximum atomic E-state index is 14.0. The summed E-state index contributed by atoms with van der Waals surface area (Å²) in [6, 6.07) is 5.87. The van der Waals surface area contributed by atoms with E-state index in [1.165, 1.54) is 6.07 Å². The first kappa shape index (κ1) is 16.7. The summed E-state index contributed by atoms with van der Waals surface area (Å²) < 4.78 is 14.0. The molecule has 1 N–H and O–H groups in total. The zero-order valence-corrected chi connectivity index (χ0v) is 14.0. The molecule has 0 saturated carbocycles. The molecule has 2 rings (SSSR count). The van der Waals surface area contributed by atoms with Crippen molar-refractivity contribution < 1.29 is 4.39 Å². The molecule has 1 aliphatic rings. The van der Waals surface area contributed by atoms with Crippen molar-refractivity contribution in [3.63, 3.8) is 0 Å². The molecule has 1 aromatic rings. The number of rotatable bonds is 5. The van der Waals surface area contributed by atoms with Gasteiger partial charge in [0.1, 0.15) is 5.82 Å². The molecule has 21 heavy (non-hydrogen) atoms. The molecule has 1 saturated heterocycles. The van der Waals surface area contributed by atoms with Crippen molar-refractivity contribution >= 4 is 11.6 Å². The van der Waals surface area contributed by atoms with Gasteiger partial charge in [0, 0.05) is 42.3 Å². The van der Waals surface area contributed by atoms with E-state index in [2.05, 4.69) is 31.0 Å². The van der Waals surface area contributed by atoms with Crippen LogP contribution in [0, 0.1) is 11.7 Å². The lowest BCUT2D eigenvalue weighted by Crippen LogP contribution is -2.56.